The van der Waals surface area contributed by atoms with Crippen LogP contribution in [0.15, 0.2) is 48.5 Å². The first-order valence-corrected chi connectivity index (χ1v) is 7.94. The molecule has 2 aromatic carbocycles. The van der Waals surface area contributed by atoms with E-state index in [9.17, 15) is 5.11 Å². The SMILES string of the molecule is COc1ccccc1CN(CCO)CCOc1ccc(Cl)cc1. The summed E-state index contributed by atoms with van der Waals surface area (Å²) >= 11 is 5.85. The minimum atomic E-state index is 0.107. The zero-order chi connectivity index (χ0) is 16.5. The summed E-state index contributed by atoms with van der Waals surface area (Å²) < 4.78 is 11.1. The molecule has 0 saturated heterocycles. The highest BCUT2D eigenvalue weighted by Gasteiger charge is 2.09. The lowest BCUT2D eigenvalue weighted by Crippen LogP contribution is -2.31. The molecule has 0 aliphatic rings. The quantitative estimate of drug-likeness (QED) is 0.764. The van der Waals surface area contributed by atoms with Crippen LogP contribution in [0.4, 0.5) is 0 Å². The molecule has 4 nitrogen and oxygen atoms in total. The first kappa shape index (κ1) is 17.6. The first-order chi connectivity index (χ1) is 11.2. The molecule has 0 atom stereocenters. The Morgan fingerprint density at radius 2 is 1.78 bits per heavy atom. The van der Waals surface area contributed by atoms with Crippen LogP contribution >= 0.6 is 11.6 Å². The van der Waals surface area contributed by atoms with E-state index in [1.54, 1.807) is 19.2 Å². The largest absolute Gasteiger partial charge is 0.496 e. The van der Waals surface area contributed by atoms with Crippen LogP contribution in [0, 0.1) is 0 Å². The van der Waals surface area contributed by atoms with Crippen molar-refractivity contribution in [1.29, 1.82) is 0 Å². The van der Waals surface area contributed by atoms with Crippen molar-refractivity contribution in [3.63, 3.8) is 0 Å². The molecule has 0 bridgehead atoms. The normalized spacial score (nSPS) is 10.8. The fraction of sp³-hybridized carbons (Fsp3) is 0.333. The predicted molar refractivity (Wildman–Crippen MR) is 92.3 cm³/mol. The van der Waals surface area contributed by atoms with Gasteiger partial charge in [-0.3, -0.25) is 4.90 Å². The molecule has 0 amide bonds. The van der Waals surface area contributed by atoms with Crippen molar-refractivity contribution >= 4 is 11.6 Å². The number of para-hydroxylation sites is 1. The van der Waals surface area contributed by atoms with Crippen LogP contribution in [0.25, 0.3) is 0 Å². The molecule has 0 aliphatic heterocycles. The van der Waals surface area contributed by atoms with Crippen molar-refractivity contribution in [2.75, 3.05) is 33.4 Å². The summed E-state index contributed by atoms with van der Waals surface area (Å²) in [6.45, 7) is 2.64. The van der Waals surface area contributed by atoms with Crippen LogP contribution in [-0.2, 0) is 6.54 Å². The van der Waals surface area contributed by atoms with Gasteiger partial charge in [-0.05, 0) is 30.3 Å². The molecule has 0 saturated carbocycles. The van der Waals surface area contributed by atoms with Crippen molar-refractivity contribution in [3.05, 3.63) is 59.1 Å². The first-order valence-electron chi connectivity index (χ1n) is 7.56. The highest BCUT2D eigenvalue weighted by molar-refractivity contribution is 6.30. The van der Waals surface area contributed by atoms with E-state index in [4.69, 9.17) is 21.1 Å². The number of hydrogen-bond donors (Lipinski definition) is 1. The lowest BCUT2D eigenvalue weighted by atomic mass is 10.2. The number of aliphatic hydroxyl groups is 1. The van der Waals surface area contributed by atoms with E-state index >= 15 is 0 Å². The number of rotatable bonds is 9. The van der Waals surface area contributed by atoms with Gasteiger partial charge in [0.05, 0.1) is 13.7 Å². The van der Waals surface area contributed by atoms with Gasteiger partial charge in [0.25, 0.3) is 0 Å². The van der Waals surface area contributed by atoms with Crippen molar-refractivity contribution < 1.29 is 14.6 Å². The summed E-state index contributed by atoms with van der Waals surface area (Å²) in [5.41, 5.74) is 1.09. The highest BCUT2D eigenvalue weighted by Crippen LogP contribution is 2.19. The number of nitrogens with zero attached hydrogens (tertiary/aromatic N) is 1. The van der Waals surface area contributed by atoms with Crippen molar-refractivity contribution in [3.8, 4) is 11.5 Å². The van der Waals surface area contributed by atoms with Crippen LogP contribution in [0.5, 0.6) is 11.5 Å². The fourth-order valence-electron chi connectivity index (χ4n) is 2.31. The van der Waals surface area contributed by atoms with Crippen LogP contribution in [0.2, 0.25) is 5.02 Å². The predicted octanol–water partition coefficient (Wildman–Crippen LogP) is 3.22. The van der Waals surface area contributed by atoms with Crippen LogP contribution in [-0.4, -0.2) is 43.4 Å². The molecule has 0 aromatic heterocycles. The highest BCUT2D eigenvalue weighted by atomic mass is 35.5. The van der Waals surface area contributed by atoms with Gasteiger partial charge in [-0.15, -0.1) is 0 Å². The van der Waals surface area contributed by atoms with E-state index in [-0.39, 0.29) is 6.61 Å². The Labute approximate surface area is 142 Å². The molecule has 5 heteroatoms. The maximum absolute atomic E-state index is 9.26. The molecule has 2 rings (SSSR count). The lowest BCUT2D eigenvalue weighted by Gasteiger charge is -2.22. The number of halogens is 1. The third kappa shape index (κ3) is 5.75. The number of hydrogen-bond acceptors (Lipinski definition) is 4. The summed E-state index contributed by atoms with van der Waals surface area (Å²) in [5, 5.41) is 9.95. The number of aliphatic hydroxyl groups excluding tert-OH is 1. The van der Waals surface area contributed by atoms with E-state index in [0.717, 1.165) is 17.1 Å². The van der Waals surface area contributed by atoms with Gasteiger partial charge in [-0.2, -0.15) is 0 Å². The Morgan fingerprint density at radius 1 is 1.04 bits per heavy atom. The average molecular weight is 336 g/mol. The Bertz CT molecular complexity index is 589. The molecule has 1 N–H and O–H groups in total. The zero-order valence-electron chi connectivity index (χ0n) is 13.2. The van der Waals surface area contributed by atoms with E-state index in [0.29, 0.717) is 31.3 Å². The average Bonchev–Trinajstić information content (AvgIpc) is 2.57. The molecule has 0 fully saturated rings. The monoisotopic (exact) mass is 335 g/mol. The zero-order valence-corrected chi connectivity index (χ0v) is 14.0. The van der Waals surface area contributed by atoms with Crippen molar-refractivity contribution in [2.24, 2.45) is 0 Å². The third-order valence-corrected chi connectivity index (χ3v) is 3.74. The second-order valence-corrected chi connectivity index (χ2v) is 5.55. The second kappa shape index (κ2) is 9.40. The van der Waals surface area contributed by atoms with Gasteiger partial charge in [0.1, 0.15) is 18.1 Å². The molecule has 23 heavy (non-hydrogen) atoms. The molecule has 0 unspecified atom stereocenters. The van der Waals surface area contributed by atoms with Gasteiger partial charge in [0.15, 0.2) is 0 Å². The van der Waals surface area contributed by atoms with E-state index < -0.39 is 0 Å². The maximum Gasteiger partial charge on any atom is 0.123 e. The van der Waals surface area contributed by atoms with Crippen LogP contribution in [0.1, 0.15) is 5.56 Å². The number of benzene rings is 2. The molecular weight excluding hydrogens is 314 g/mol. The van der Waals surface area contributed by atoms with Gasteiger partial charge in [0.2, 0.25) is 0 Å². The second-order valence-electron chi connectivity index (χ2n) is 5.11. The Balaban J connectivity index is 1.89. The molecule has 0 radical (unpaired) electrons. The third-order valence-electron chi connectivity index (χ3n) is 3.49. The molecule has 2 aromatic rings. The van der Waals surface area contributed by atoms with Gasteiger partial charge >= 0.3 is 0 Å². The van der Waals surface area contributed by atoms with Gasteiger partial charge in [0, 0.05) is 30.2 Å². The Hall–Kier alpha value is -1.75. The Kier molecular flexibility index (Phi) is 7.20. The molecule has 0 heterocycles. The van der Waals surface area contributed by atoms with E-state index in [1.165, 1.54) is 0 Å². The summed E-state index contributed by atoms with van der Waals surface area (Å²) in [7, 11) is 1.67. The lowest BCUT2D eigenvalue weighted by molar-refractivity contribution is 0.162. The smallest absolute Gasteiger partial charge is 0.123 e. The van der Waals surface area contributed by atoms with Crippen LogP contribution < -0.4 is 9.47 Å². The standard InChI is InChI=1S/C18H22ClNO3/c1-22-18-5-3-2-4-15(18)14-20(10-12-21)11-13-23-17-8-6-16(19)7-9-17/h2-9,21H,10-14H2,1H3. The molecule has 0 spiro atoms. The van der Waals surface area contributed by atoms with E-state index in [1.807, 2.05) is 36.4 Å². The van der Waals surface area contributed by atoms with Gasteiger partial charge in [-0.1, -0.05) is 29.8 Å². The minimum Gasteiger partial charge on any atom is -0.496 e. The maximum atomic E-state index is 9.26. The van der Waals surface area contributed by atoms with E-state index in [2.05, 4.69) is 4.90 Å². The molecular formula is C18H22ClNO3. The summed E-state index contributed by atoms with van der Waals surface area (Å²) in [4.78, 5) is 2.13. The molecule has 124 valence electrons. The van der Waals surface area contributed by atoms with Crippen molar-refractivity contribution in [2.45, 2.75) is 6.54 Å². The summed E-state index contributed by atoms with van der Waals surface area (Å²) in [5.74, 6) is 1.64. The Morgan fingerprint density at radius 3 is 2.48 bits per heavy atom. The number of ether oxygens (including phenoxy) is 2. The van der Waals surface area contributed by atoms with Gasteiger partial charge < -0.3 is 14.6 Å². The summed E-state index contributed by atoms with van der Waals surface area (Å²) in [6.07, 6.45) is 0. The summed E-state index contributed by atoms with van der Waals surface area (Å²) in [6, 6.07) is 15.2. The fourth-order valence-corrected chi connectivity index (χ4v) is 2.44. The van der Waals surface area contributed by atoms with Gasteiger partial charge in [-0.25, -0.2) is 0 Å². The topological polar surface area (TPSA) is 41.9 Å². The molecule has 0 aliphatic carbocycles. The number of methoxy groups -OCH3 is 1. The van der Waals surface area contributed by atoms with Crippen LogP contribution in [0.3, 0.4) is 0 Å². The van der Waals surface area contributed by atoms with Crippen molar-refractivity contribution in [1.82, 2.24) is 4.90 Å². The minimum absolute atomic E-state index is 0.107.